The fraction of sp³-hybridized carbons (Fsp3) is 0.182. The Hall–Kier alpha value is -3.06. The van der Waals surface area contributed by atoms with E-state index in [0.29, 0.717) is 17.2 Å². The molecule has 0 radical (unpaired) electrons. The second kappa shape index (κ2) is 8.53. The molecule has 0 fully saturated rings. The second-order valence-corrected chi connectivity index (χ2v) is 8.22. The zero-order valence-corrected chi connectivity index (χ0v) is 17.2. The van der Waals surface area contributed by atoms with Gasteiger partial charge in [0.2, 0.25) is 0 Å². The van der Waals surface area contributed by atoms with Gasteiger partial charge in [0, 0.05) is 0 Å². The molecule has 0 saturated carbocycles. The maximum atomic E-state index is 13.5. The van der Waals surface area contributed by atoms with Crippen LogP contribution >= 0.6 is 0 Å². The average molecular weight is 415 g/mol. The van der Waals surface area contributed by atoms with Crippen molar-refractivity contribution in [2.24, 2.45) is 0 Å². The highest BCUT2D eigenvalue weighted by atomic mass is 32.2. The largest absolute Gasteiger partial charge is 0.497 e. The van der Waals surface area contributed by atoms with Gasteiger partial charge in [-0.1, -0.05) is 12.1 Å². The molecule has 0 amide bonds. The fourth-order valence-electron chi connectivity index (χ4n) is 3.06. The third-order valence-corrected chi connectivity index (χ3v) is 6.54. The number of halogens is 1. The summed E-state index contributed by atoms with van der Waals surface area (Å²) in [6.07, 6.45) is 0. The molecule has 0 spiro atoms. The van der Waals surface area contributed by atoms with E-state index in [4.69, 9.17) is 9.47 Å². The van der Waals surface area contributed by atoms with Crippen molar-refractivity contribution < 1.29 is 22.3 Å². The first kappa shape index (κ1) is 20.7. The van der Waals surface area contributed by atoms with Gasteiger partial charge in [0.25, 0.3) is 10.0 Å². The Kier molecular flexibility index (Phi) is 6.08. The molecular weight excluding hydrogens is 393 g/mol. The van der Waals surface area contributed by atoms with Crippen molar-refractivity contribution >= 4 is 15.7 Å². The minimum atomic E-state index is -3.97. The van der Waals surface area contributed by atoms with Gasteiger partial charge >= 0.3 is 0 Å². The monoisotopic (exact) mass is 415 g/mol. The highest BCUT2D eigenvalue weighted by Crippen LogP contribution is 2.35. The molecule has 3 rings (SSSR count). The van der Waals surface area contributed by atoms with Crippen LogP contribution < -0.4 is 13.8 Å². The summed E-state index contributed by atoms with van der Waals surface area (Å²) in [5.41, 5.74) is 1.22. The van der Waals surface area contributed by atoms with Crippen molar-refractivity contribution in [2.45, 2.75) is 17.9 Å². The summed E-state index contributed by atoms with van der Waals surface area (Å²) in [5, 5.41) is 0. The topological polar surface area (TPSA) is 55.8 Å². The molecule has 0 bridgehead atoms. The molecule has 3 aromatic rings. The lowest BCUT2D eigenvalue weighted by molar-refractivity contribution is 0.414. The zero-order chi connectivity index (χ0) is 21.0. The Bertz CT molecular complexity index is 1070. The van der Waals surface area contributed by atoms with E-state index < -0.39 is 21.9 Å². The van der Waals surface area contributed by atoms with Crippen LogP contribution in [0.1, 0.15) is 18.5 Å². The van der Waals surface area contributed by atoms with Gasteiger partial charge in [-0.15, -0.1) is 0 Å². The smallest absolute Gasteiger partial charge is 0.264 e. The number of rotatable bonds is 7. The molecule has 0 heterocycles. The maximum absolute atomic E-state index is 13.5. The highest BCUT2D eigenvalue weighted by molar-refractivity contribution is 7.92. The molecule has 1 atom stereocenters. The summed E-state index contributed by atoms with van der Waals surface area (Å²) >= 11 is 0. The minimum Gasteiger partial charge on any atom is -0.497 e. The second-order valence-electron chi connectivity index (χ2n) is 6.41. The Morgan fingerprint density at radius 2 is 1.48 bits per heavy atom. The normalized spacial score (nSPS) is 12.3. The molecule has 3 aromatic carbocycles. The van der Waals surface area contributed by atoms with Crippen LogP contribution in [-0.2, 0) is 10.0 Å². The fourth-order valence-corrected chi connectivity index (χ4v) is 4.70. The zero-order valence-electron chi connectivity index (χ0n) is 16.4. The number of anilines is 1. The van der Waals surface area contributed by atoms with Crippen LogP contribution in [0, 0.1) is 5.82 Å². The summed E-state index contributed by atoms with van der Waals surface area (Å²) in [4.78, 5) is 0.00413. The standard InChI is InChI=1S/C22H22FNO4S/c1-16(17-5-4-6-21(15-17)28-3)24(19-9-11-20(27-2)12-10-19)29(25,26)22-13-7-18(23)8-14-22/h4-16H,1-3H3/t16-/m1/s1. The van der Waals surface area contributed by atoms with E-state index in [1.54, 1.807) is 63.6 Å². The Balaban J connectivity index is 2.13. The number of nitrogens with zero attached hydrogens (tertiary/aromatic N) is 1. The number of hydrogen-bond donors (Lipinski definition) is 0. The molecule has 0 unspecified atom stereocenters. The van der Waals surface area contributed by atoms with Crippen LogP contribution in [0.3, 0.4) is 0 Å². The van der Waals surface area contributed by atoms with E-state index in [9.17, 15) is 12.8 Å². The Morgan fingerprint density at radius 3 is 2.07 bits per heavy atom. The third kappa shape index (κ3) is 4.35. The SMILES string of the molecule is COc1ccc(N([C@H](C)c2cccc(OC)c2)S(=O)(=O)c2ccc(F)cc2)cc1. The molecular formula is C22H22FNO4S. The van der Waals surface area contributed by atoms with Crippen LogP contribution in [-0.4, -0.2) is 22.6 Å². The van der Waals surface area contributed by atoms with Crippen molar-refractivity contribution in [3.05, 3.63) is 84.2 Å². The lowest BCUT2D eigenvalue weighted by Crippen LogP contribution is -2.33. The molecule has 152 valence electrons. The summed E-state index contributed by atoms with van der Waals surface area (Å²) in [5.74, 6) is 0.742. The van der Waals surface area contributed by atoms with E-state index in [-0.39, 0.29) is 4.90 Å². The Morgan fingerprint density at radius 1 is 0.862 bits per heavy atom. The summed E-state index contributed by atoms with van der Waals surface area (Å²) in [6, 6.07) is 18.2. The van der Waals surface area contributed by atoms with E-state index in [2.05, 4.69) is 0 Å². The molecule has 0 aliphatic rings. The Labute approximate surface area is 170 Å². The molecule has 0 aliphatic carbocycles. The first-order valence-electron chi connectivity index (χ1n) is 8.95. The van der Waals surface area contributed by atoms with Gasteiger partial charge in [-0.2, -0.15) is 0 Å². The van der Waals surface area contributed by atoms with Gasteiger partial charge in [-0.25, -0.2) is 12.8 Å². The van der Waals surface area contributed by atoms with Gasteiger partial charge in [-0.3, -0.25) is 4.31 Å². The maximum Gasteiger partial charge on any atom is 0.264 e. The van der Waals surface area contributed by atoms with Crippen molar-refractivity contribution in [1.82, 2.24) is 0 Å². The molecule has 0 aliphatic heterocycles. The summed E-state index contributed by atoms with van der Waals surface area (Å²) < 4.78 is 52.1. The van der Waals surface area contributed by atoms with Crippen LogP contribution in [0.4, 0.5) is 10.1 Å². The molecule has 0 N–H and O–H groups in total. The lowest BCUT2D eigenvalue weighted by Gasteiger charge is -2.31. The number of benzene rings is 3. The highest BCUT2D eigenvalue weighted by Gasteiger charge is 2.30. The number of hydrogen-bond acceptors (Lipinski definition) is 4. The molecule has 7 heteroatoms. The van der Waals surface area contributed by atoms with Crippen LogP contribution in [0.25, 0.3) is 0 Å². The summed E-state index contributed by atoms with van der Waals surface area (Å²) in [7, 11) is -0.874. The number of ether oxygens (including phenoxy) is 2. The van der Waals surface area contributed by atoms with Crippen LogP contribution in [0.15, 0.2) is 77.7 Å². The molecule has 0 saturated heterocycles. The molecule has 29 heavy (non-hydrogen) atoms. The third-order valence-electron chi connectivity index (χ3n) is 4.63. The van der Waals surface area contributed by atoms with E-state index in [0.717, 1.165) is 17.7 Å². The van der Waals surface area contributed by atoms with Gasteiger partial charge in [-0.05, 0) is 73.2 Å². The van der Waals surface area contributed by atoms with Crippen molar-refractivity contribution in [3.63, 3.8) is 0 Å². The van der Waals surface area contributed by atoms with Crippen LogP contribution in [0.5, 0.6) is 11.5 Å². The predicted molar refractivity (Wildman–Crippen MR) is 110 cm³/mol. The quantitative estimate of drug-likeness (QED) is 0.556. The van der Waals surface area contributed by atoms with Crippen molar-refractivity contribution in [1.29, 1.82) is 0 Å². The van der Waals surface area contributed by atoms with Gasteiger partial charge < -0.3 is 9.47 Å². The molecule has 5 nitrogen and oxygen atoms in total. The summed E-state index contributed by atoms with van der Waals surface area (Å²) in [6.45, 7) is 1.79. The molecule has 0 aromatic heterocycles. The first-order valence-corrected chi connectivity index (χ1v) is 10.4. The van der Waals surface area contributed by atoms with Gasteiger partial charge in [0.05, 0.1) is 30.8 Å². The predicted octanol–water partition coefficient (Wildman–Crippen LogP) is 4.80. The van der Waals surface area contributed by atoms with E-state index in [1.807, 2.05) is 6.07 Å². The van der Waals surface area contributed by atoms with Gasteiger partial charge in [0.1, 0.15) is 17.3 Å². The minimum absolute atomic E-state index is 0.00413. The van der Waals surface area contributed by atoms with Crippen LogP contribution in [0.2, 0.25) is 0 Å². The first-order chi connectivity index (χ1) is 13.9. The lowest BCUT2D eigenvalue weighted by atomic mass is 10.1. The van der Waals surface area contributed by atoms with Crippen molar-refractivity contribution in [3.8, 4) is 11.5 Å². The number of sulfonamides is 1. The van der Waals surface area contributed by atoms with Gasteiger partial charge in [0.15, 0.2) is 0 Å². The average Bonchev–Trinajstić information content (AvgIpc) is 2.74. The number of methoxy groups -OCH3 is 2. The van der Waals surface area contributed by atoms with E-state index in [1.165, 1.54) is 16.4 Å². The van der Waals surface area contributed by atoms with E-state index >= 15 is 0 Å². The van der Waals surface area contributed by atoms with Crippen molar-refractivity contribution in [2.75, 3.05) is 18.5 Å².